The smallest absolute Gasteiger partial charge is 0.253 e. The van der Waals surface area contributed by atoms with Gasteiger partial charge in [0.2, 0.25) is 5.91 Å². The molecule has 2 bridgehead atoms. The van der Waals surface area contributed by atoms with Crippen molar-refractivity contribution in [2.45, 2.75) is 25.7 Å². The zero-order valence-electron chi connectivity index (χ0n) is 13.5. The van der Waals surface area contributed by atoms with E-state index in [-0.39, 0.29) is 17.7 Å². The fourth-order valence-electron chi connectivity index (χ4n) is 4.16. The summed E-state index contributed by atoms with van der Waals surface area (Å²) >= 11 is 6.24. The Bertz CT molecular complexity index is 709. The molecule has 1 saturated carbocycles. The number of rotatable bonds is 3. The fourth-order valence-corrected chi connectivity index (χ4v) is 4.33. The standard InChI is InChI=1S/C19H21ClN2O2/c20-16-6-5-14(19(24)22-7-1-2-8-22)11-17(16)21-18(23)15-10-12-3-4-13(15)9-12/h3-6,11-13,15H,1-2,7-10H2,(H,21,23)/t12-,13-,15+/m1/s1. The number of allylic oxidation sites excluding steroid dienone is 2. The molecule has 2 aliphatic carbocycles. The summed E-state index contributed by atoms with van der Waals surface area (Å²) in [5, 5.41) is 3.42. The number of carbonyl (C=O) groups excluding carboxylic acids is 2. The normalized spacial score (nSPS) is 27.7. The summed E-state index contributed by atoms with van der Waals surface area (Å²) in [6.45, 7) is 1.61. The Morgan fingerprint density at radius 1 is 1.12 bits per heavy atom. The van der Waals surface area contributed by atoms with Crippen LogP contribution in [0, 0.1) is 17.8 Å². The zero-order valence-corrected chi connectivity index (χ0v) is 14.3. The van der Waals surface area contributed by atoms with E-state index in [1.807, 2.05) is 4.90 Å². The van der Waals surface area contributed by atoms with Crippen LogP contribution in [-0.4, -0.2) is 29.8 Å². The molecule has 2 amide bonds. The average Bonchev–Trinajstić information content (AvgIpc) is 3.33. The largest absolute Gasteiger partial charge is 0.339 e. The van der Waals surface area contributed by atoms with Crippen LogP contribution in [0.15, 0.2) is 30.4 Å². The molecule has 24 heavy (non-hydrogen) atoms. The number of hydrogen-bond donors (Lipinski definition) is 1. The van der Waals surface area contributed by atoms with Gasteiger partial charge in [0, 0.05) is 24.6 Å². The van der Waals surface area contributed by atoms with E-state index in [0.717, 1.165) is 38.8 Å². The molecule has 1 heterocycles. The lowest BCUT2D eigenvalue weighted by Gasteiger charge is -2.19. The molecule has 4 rings (SSSR count). The van der Waals surface area contributed by atoms with Gasteiger partial charge in [-0.1, -0.05) is 23.8 Å². The summed E-state index contributed by atoms with van der Waals surface area (Å²) in [6.07, 6.45) is 8.49. The van der Waals surface area contributed by atoms with E-state index in [4.69, 9.17) is 11.6 Å². The molecule has 1 aromatic carbocycles. The van der Waals surface area contributed by atoms with Crippen LogP contribution < -0.4 is 5.32 Å². The van der Waals surface area contributed by atoms with Crippen molar-refractivity contribution in [3.63, 3.8) is 0 Å². The first-order valence-corrected chi connectivity index (χ1v) is 9.07. The number of nitrogens with zero attached hydrogens (tertiary/aromatic N) is 1. The second-order valence-electron chi connectivity index (χ2n) is 7.07. The third kappa shape index (κ3) is 2.84. The van der Waals surface area contributed by atoms with Crippen LogP contribution in [0.1, 0.15) is 36.0 Å². The van der Waals surface area contributed by atoms with Gasteiger partial charge in [-0.25, -0.2) is 0 Å². The highest BCUT2D eigenvalue weighted by molar-refractivity contribution is 6.34. The van der Waals surface area contributed by atoms with Crippen molar-refractivity contribution in [2.24, 2.45) is 17.8 Å². The monoisotopic (exact) mass is 344 g/mol. The Morgan fingerprint density at radius 3 is 2.58 bits per heavy atom. The van der Waals surface area contributed by atoms with E-state index in [2.05, 4.69) is 17.5 Å². The third-order valence-electron chi connectivity index (χ3n) is 5.48. The first kappa shape index (κ1) is 15.7. The van der Waals surface area contributed by atoms with Gasteiger partial charge in [-0.15, -0.1) is 0 Å². The van der Waals surface area contributed by atoms with Gasteiger partial charge in [0.25, 0.3) is 5.91 Å². The van der Waals surface area contributed by atoms with E-state index in [0.29, 0.717) is 28.1 Å². The Balaban J connectivity index is 1.50. The van der Waals surface area contributed by atoms with Gasteiger partial charge in [-0.3, -0.25) is 9.59 Å². The van der Waals surface area contributed by atoms with Crippen LogP contribution in [0.3, 0.4) is 0 Å². The summed E-state index contributed by atoms with van der Waals surface area (Å²) in [5.74, 6) is 0.948. The number of amides is 2. The van der Waals surface area contributed by atoms with Gasteiger partial charge < -0.3 is 10.2 Å². The average molecular weight is 345 g/mol. The summed E-state index contributed by atoms with van der Waals surface area (Å²) in [6, 6.07) is 5.14. The highest BCUT2D eigenvalue weighted by Gasteiger charge is 2.39. The second kappa shape index (κ2) is 6.25. The number of likely N-dealkylation sites (tertiary alicyclic amines) is 1. The molecule has 3 aliphatic rings. The Kier molecular flexibility index (Phi) is 4.09. The minimum absolute atomic E-state index is 0.0134. The van der Waals surface area contributed by atoms with Crippen molar-refractivity contribution in [3.05, 3.63) is 40.9 Å². The van der Waals surface area contributed by atoms with E-state index in [1.165, 1.54) is 0 Å². The van der Waals surface area contributed by atoms with Gasteiger partial charge in [0.1, 0.15) is 0 Å². The topological polar surface area (TPSA) is 49.4 Å². The highest BCUT2D eigenvalue weighted by Crippen LogP contribution is 2.44. The molecule has 5 heteroatoms. The molecule has 1 aromatic rings. The Labute approximate surface area is 146 Å². The van der Waals surface area contributed by atoms with E-state index < -0.39 is 0 Å². The number of carbonyl (C=O) groups is 2. The number of fused-ring (bicyclic) bond motifs is 2. The first-order chi connectivity index (χ1) is 11.6. The minimum Gasteiger partial charge on any atom is -0.339 e. The number of anilines is 1. The lowest BCUT2D eigenvalue weighted by atomic mass is 9.93. The molecule has 0 unspecified atom stereocenters. The number of halogens is 1. The minimum atomic E-state index is 0.0134. The molecule has 1 N–H and O–H groups in total. The lowest BCUT2D eigenvalue weighted by molar-refractivity contribution is -0.120. The molecule has 2 fully saturated rings. The van der Waals surface area contributed by atoms with Gasteiger partial charge in [-0.2, -0.15) is 0 Å². The molecule has 0 spiro atoms. The maximum Gasteiger partial charge on any atom is 0.253 e. The molecule has 0 aromatic heterocycles. The molecule has 3 atom stereocenters. The maximum absolute atomic E-state index is 12.6. The quantitative estimate of drug-likeness (QED) is 0.849. The zero-order chi connectivity index (χ0) is 16.7. The molecular formula is C19H21ClN2O2. The van der Waals surface area contributed by atoms with Gasteiger partial charge in [0.05, 0.1) is 10.7 Å². The lowest BCUT2D eigenvalue weighted by Crippen LogP contribution is -2.28. The summed E-state index contributed by atoms with van der Waals surface area (Å²) in [5.41, 5.74) is 1.13. The van der Waals surface area contributed by atoms with Crippen LogP contribution in [0.2, 0.25) is 5.02 Å². The van der Waals surface area contributed by atoms with Gasteiger partial charge >= 0.3 is 0 Å². The van der Waals surface area contributed by atoms with E-state index in [1.54, 1.807) is 18.2 Å². The van der Waals surface area contributed by atoms with Crippen molar-refractivity contribution in [1.82, 2.24) is 4.90 Å². The second-order valence-corrected chi connectivity index (χ2v) is 7.48. The fraction of sp³-hybridized carbons (Fsp3) is 0.474. The summed E-state index contributed by atoms with van der Waals surface area (Å²) < 4.78 is 0. The van der Waals surface area contributed by atoms with Crippen LogP contribution in [0.4, 0.5) is 5.69 Å². The molecule has 1 aliphatic heterocycles. The van der Waals surface area contributed by atoms with Crippen LogP contribution in [-0.2, 0) is 4.79 Å². The van der Waals surface area contributed by atoms with Crippen LogP contribution in [0.25, 0.3) is 0 Å². The highest BCUT2D eigenvalue weighted by atomic mass is 35.5. The first-order valence-electron chi connectivity index (χ1n) is 8.70. The summed E-state index contributed by atoms with van der Waals surface area (Å²) in [7, 11) is 0. The molecular weight excluding hydrogens is 324 g/mol. The Hall–Kier alpha value is -1.81. The van der Waals surface area contributed by atoms with Crippen molar-refractivity contribution >= 4 is 29.1 Å². The number of hydrogen-bond acceptors (Lipinski definition) is 2. The third-order valence-corrected chi connectivity index (χ3v) is 5.81. The van der Waals surface area contributed by atoms with Crippen molar-refractivity contribution in [1.29, 1.82) is 0 Å². The predicted molar refractivity (Wildman–Crippen MR) is 94.1 cm³/mol. The summed E-state index contributed by atoms with van der Waals surface area (Å²) in [4.78, 5) is 27.0. The molecule has 4 nitrogen and oxygen atoms in total. The van der Waals surface area contributed by atoms with Crippen molar-refractivity contribution in [2.75, 3.05) is 18.4 Å². The number of nitrogens with one attached hydrogen (secondary N) is 1. The molecule has 1 saturated heterocycles. The van der Waals surface area contributed by atoms with Gasteiger partial charge in [-0.05, 0) is 55.7 Å². The van der Waals surface area contributed by atoms with E-state index in [9.17, 15) is 9.59 Å². The predicted octanol–water partition coefficient (Wildman–Crippen LogP) is 3.73. The van der Waals surface area contributed by atoms with E-state index >= 15 is 0 Å². The molecule has 126 valence electrons. The van der Waals surface area contributed by atoms with Crippen molar-refractivity contribution < 1.29 is 9.59 Å². The van der Waals surface area contributed by atoms with Crippen LogP contribution >= 0.6 is 11.6 Å². The SMILES string of the molecule is O=C(Nc1cc(C(=O)N2CCCC2)ccc1Cl)[C@H]1C[C@@H]2C=C[C@@H]1C2. The molecule has 0 radical (unpaired) electrons. The Morgan fingerprint density at radius 2 is 1.92 bits per heavy atom. The van der Waals surface area contributed by atoms with Crippen LogP contribution in [0.5, 0.6) is 0 Å². The number of benzene rings is 1. The van der Waals surface area contributed by atoms with Gasteiger partial charge in [0.15, 0.2) is 0 Å². The van der Waals surface area contributed by atoms with Crippen molar-refractivity contribution in [3.8, 4) is 0 Å². The maximum atomic E-state index is 12.6.